The van der Waals surface area contributed by atoms with Crippen molar-refractivity contribution in [3.8, 4) is 0 Å². The van der Waals surface area contributed by atoms with E-state index < -0.39 is 12.1 Å². The van der Waals surface area contributed by atoms with Gasteiger partial charge in [0.15, 0.2) is 0 Å². The summed E-state index contributed by atoms with van der Waals surface area (Å²) in [5.41, 5.74) is 7.47. The second-order valence-electron chi connectivity index (χ2n) is 4.88. The molecule has 19 heavy (non-hydrogen) atoms. The molecule has 0 saturated heterocycles. The average molecular weight is 261 g/mol. The summed E-state index contributed by atoms with van der Waals surface area (Å²) in [6.07, 6.45) is 3.03. The minimum absolute atomic E-state index is 0.0228. The van der Waals surface area contributed by atoms with E-state index in [0.717, 1.165) is 19.3 Å². The van der Waals surface area contributed by atoms with E-state index in [-0.39, 0.29) is 11.9 Å². The van der Waals surface area contributed by atoms with Crippen LogP contribution in [0.1, 0.15) is 36.9 Å². The molecule has 5 nitrogen and oxygen atoms in total. The van der Waals surface area contributed by atoms with Crippen molar-refractivity contribution in [3.63, 3.8) is 0 Å². The number of benzene rings is 1. The van der Waals surface area contributed by atoms with Gasteiger partial charge in [-0.15, -0.1) is 0 Å². The molecule has 0 aliphatic heterocycles. The minimum Gasteiger partial charge on any atom is -0.352 e. The van der Waals surface area contributed by atoms with Gasteiger partial charge in [-0.05, 0) is 37.3 Å². The first-order valence-electron chi connectivity index (χ1n) is 6.52. The number of fused-ring (bicyclic) bond motifs is 1. The fraction of sp³-hybridized carbons (Fsp3) is 0.429. The molecule has 0 unspecified atom stereocenters. The highest BCUT2D eigenvalue weighted by Gasteiger charge is 2.23. The van der Waals surface area contributed by atoms with Gasteiger partial charge in [-0.3, -0.25) is 4.79 Å². The van der Waals surface area contributed by atoms with Gasteiger partial charge in [0, 0.05) is 0 Å². The third kappa shape index (κ3) is 3.24. The van der Waals surface area contributed by atoms with E-state index in [2.05, 4.69) is 16.7 Å². The van der Waals surface area contributed by atoms with E-state index in [1.807, 2.05) is 18.2 Å². The van der Waals surface area contributed by atoms with Crippen LogP contribution < -0.4 is 16.4 Å². The fourth-order valence-electron chi connectivity index (χ4n) is 2.48. The predicted octanol–water partition coefficient (Wildman–Crippen LogP) is 1.24. The second kappa shape index (κ2) is 5.73. The van der Waals surface area contributed by atoms with Crippen molar-refractivity contribution in [3.05, 3.63) is 35.4 Å². The Bertz CT molecular complexity index is 487. The van der Waals surface area contributed by atoms with E-state index in [9.17, 15) is 9.59 Å². The van der Waals surface area contributed by atoms with E-state index in [4.69, 9.17) is 5.73 Å². The first-order valence-corrected chi connectivity index (χ1v) is 6.52. The van der Waals surface area contributed by atoms with Crippen molar-refractivity contribution in [1.82, 2.24) is 10.6 Å². The third-order valence-electron chi connectivity index (χ3n) is 3.44. The monoisotopic (exact) mass is 261 g/mol. The second-order valence-corrected chi connectivity index (χ2v) is 4.88. The number of nitrogens with two attached hydrogens (primary N) is 1. The van der Waals surface area contributed by atoms with Gasteiger partial charge in [-0.2, -0.15) is 0 Å². The highest BCUT2D eigenvalue weighted by molar-refractivity contribution is 5.86. The molecule has 5 heteroatoms. The lowest BCUT2D eigenvalue weighted by molar-refractivity contribution is -0.123. The Morgan fingerprint density at radius 3 is 2.84 bits per heavy atom. The van der Waals surface area contributed by atoms with Crippen molar-refractivity contribution >= 4 is 11.9 Å². The summed E-state index contributed by atoms with van der Waals surface area (Å²) in [5.74, 6) is -0.208. The summed E-state index contributed by atoms with van der Waals surface area (Å²) in [4.78, 5) is 22.7. The van der Waals surface area contributed by atoms with Crippen molar-refractivity contribution in [2.75, 3.05) is 0 Å². The van der Waals surface area contributed by atoms with Crippen LogP contribution in [0.5, 0.6) is 0 Å². The standard InChI is InChI=1S/C14H19N3O2/c1-9(16-14(15)19)13(18)17-12-8-4-6-10-5-2-3-7-11(10)12/h2-3,5,7,9,12H,4,6,8H2,1H3,(H,17,18)(H3,15,16,19)/t9-,12+/m0/s1. The molecule has 1 aliphatic carbocycles. The number of carbonyl (C=O) groups is 2. The van der Waals surface area contributed by atoms with Gasteiger partial charge in [-0.25, -0.2) is 4.79 Å². The zero-order chi connectivity index (χ0) is 13.8. The van der Waals surface area contributed by atoms with Crippen LogP contribution in [0.2, 0.25) is 0 Å². The van der Waals surface area contributed by atoms with Crippen LogP contribution in [-0.4, -0.2) is 18.0 Å². The normalized spacial score (nSPS) is 19.1. The lowest BCUT2D eigenvalue weighted by Gasteiger charge is -2.27. The summed E-state index contributed by atoms with van der Waals surface area (Å²) >= 11 is 0. The summed E-state index contributed by atoms with van der Waals surface area (Å²) < 4.78 is 0. The van der Waals surface area contributed by atoms with Gasteiger partial charge in [0.05, 0.1) is 6.04 Å². The van der Waals surface area contributed by atoms with E-state index >= 15 is 0 Å². The van der Waals surface area contributed by atoms with E-state index in [1.54, 1.807) is 6.92 Å². The Hall–Kier alpha value is -2.04. The van der Waals surface area contributed by atoms with Crippen LogP contribution >= 0.6 is 0 Å². The molecule has 3 amide bonds. The number of hydrogen-bond donors (Lipinski definition) is 3. The summed E-state index contributed by atoms with van der Waals surface area (Å²) in [7, 11) is 0. The number of hydrogen-bond acceptors (Lipinski definition) is 2. The topological polar surface area (TPSA) is 84.2 Å². The van der Waals surface area contributed by atoms with Gasteiger partial charge in [0.1, 0.15) is 6.04 Å². The number of rotatable bonds is 3. The first-order chi connectivity index (χ1) is 9.08. The van der Waals surface area contributed by atoms with Crippen LogP contribution in [-0.2, 0) is 11.2 Å². The lowest BCUT2D eigenvalue weighted by Crippen LogP contribution is -2.47. The summed E-state index contributed by atoms with van der Waals surface area (Å²) in [6.45, 7) is 1.62. The lowest BCUT2D eigenvalue weighted by atomic mass is 9.87. The molecule has 1 aromatic rings. The number of carbonyl (C=O) groups excluding carboxylic acids is 2. The number of nitrogens with one attached hydrogen (secondary N) is 2. The van der Waals surface area contributed by atoms with Gasteiger partial charge < -0.3 is 16.4 Å². The number of aryl methyl sites for hydroxylation is 1. The van der Waals surface area contributed by atoms with Crippen LogP contribution in [0.3, 0.4) is 0 Å². The predicted molar refractivity (Wildman–Crippen MR) is 72.4 cm³/mol. The molecule has 1 aromatic carbocycles. The molecule has 0 saturated carbocycles. The SMILES string of the molecule is C[C@H](NC(N)=O)C(=O)N[C@@H]1CCCc2ccccc21. The van der Waals surface area contributed by atoms with Crippen molar-refractivity contribution < 1.29 is 9.59 Å². The van der Waals surface area contributed by atoms with Gasteiger partial charge in [-0.1, -0.05) is 24.3 Å². The molecular formula is C14H19N3O2. The molecule has 102 valence electrons. The van der Waals surface area contributed by atoms with Gasteiger partial charge >= 0.3 is 6.03 Å². The molecule has 0 spiro atoms. The van der Waals surface area contributed by atoms with Gasteiger partial charge in [0.25, 0.3) is 0 Å². The number of primary amides is 1. The highest BCUT2D eigenvalue weighted by Crippen LogP contribution is 2.29. The Morgan fingerprint density at radius 1 is 1.37 bits per heavy atom. The fourth-order valence-corrected chi connectivity index (χ4v) is 2.48. The van der Waals surface area contributed by atoms with Crippen molar-refractivity contribution in [2.45, 2.75) is 38.3 Å². The first kappa shape index (κ1) is 13.4. The molecule has 2 rings (SSSR count). The molecule has 2 atom stereocenters. The maximum atomic E-state index is 12.0. The smallest absolute Gasteiger partial charge is 0.312 e. The third-order valence-corrected chi connectivity index (χ3v) is 3.44. The Morgan fingerprint density at radius 2 is 2.11 bits per heavy atom. The minimum atomic E-state index is -0.688. The van der Waals surface area contributed by atoms with E-state index in [1.165, 1.54) is 11.1 Å². The summed E-state index contributed by atoms with van der Waals surface area (Å²) in [5, 5.41) is 5.35. The Labute approximate surface area is 112 Å². The maximum absolute atomic E-state index is 12.0. The number of urea groups is 1. The van der Waals surface area contributed by atoms with Crippen LogP contribution in [0.15, 0.2) is 24.3 Å². The van der Waals surface area contributed by atoms with Crippen molar-refractivity contribution in [1.29, 1.82) is 0 Å². The van der Waals surface area contributed by atoms with Crippen LogP contribution in [0.25, 0.3) is 0 Å². The largest absolute Gasteiger partial charge is 0.352 e. The Kier molecular flexibility index (Phi) is 4.04. The van der Waals surface area contributed by atoms with Crippen molar-refractivity contribution in [2.24, 2.45) is 5.73 Å². The quantitative estimate of drug-likeness (QED) is 0.764. The highest BCUT2D eigenvalue weighted by atomic mass is 16.2. The van der Waals surface area contributed by atoms with Gasteiger partial charge in [0.2, 0.25) is 5.91 Å². The van der Waals surface area contributed by atoms with E-state index in [0.29, 0.717) is 0 Å². The Balaban J connectivity index is 2.04. The zero-order valence-corrected chi connectivity index (χ0v) is 11.0. The van der Waals surface area contributed by atoms with Crippen LogP contribution in [0, 0.1) is 0 Å². The zero-order valence-electron chi connectivity index (χ0n) is 11.0. The molecular weight excluding hydrogens is 242 g/mol. The molecule has 4 N–H and O–H groups in total. The molecule has 0 fully saturated rings. The number of amides is 3. The molecule has 0 aromatic heterocycles. The molecule has 0 heterocycles. The molecule has 0 bridgehead atoms. The average Bonchev–Trinajstić information content (AvgIpc) is 2.38. The maximum Gasteiger partial charge on any atom is 0.312 e. The molecule has 0 radical (unpaired) electrons. The van der Waals surface area contributed by atoms with Crippen LogP contribution in [0.4, 0.5) is 4.79 Å². The molecule has 1 aliphatic rings. The summed E-state index contributed by atoms with van der Waals surface area (Å²) in [6, 6.07) is 6.85.